The highest BCUT2D eigenvalue weighted by Gasteiger charge is 1.97. The number of nitrogens with zero attached hydrogens (tertiary/aromatic N) is 2. The topological polar surface area (TPSA) is 55.9 Å². The van der Waals surface area contributed by atoms with Gasteiger partial charge in [-0.05, 0) is 6.92 Å². The van der Waals surface area contributed by atoms with Crippen LogP contribution >= 0.6 is 0 Å². The van der Waals surface area contributed by atoms with Gasteiger partial charge in [-0.25, -0.2) is 0 Å². The number of nitrogens with two attached hydrogens (primary N) is 1. The molecule has 0 bridgehead atoms. The zero-order valence-corrected chi connectivity index (χ0v) is 7.55. The van der Waals surface area contributed by atoms with E-state index in [1.54, 1.807) is 4.68 Å². The van der Waals surface area contributed by atoms with Crippen molar-refractivity contribution in [2.24, 2.45) is 12.9 Å². The molecule has 1 rings (SSSR count). The summed E-state index contributed by atoms with van der Waals surface area (Å²) < 4.78 is 1.71. The Labute approximate surface area is 67.4 Å². The van der Waals surface area contributed by atoms with E-state index in [9.17, 15) is 0 Å². The van der Waals surface area contributed by atoms with Crippen LogP contribution in [-0.4, -0.2) is 9.78 Å². The summed E-state index contributed by atoms with van der Waals surface area (Å²) in [5.74, 6) is 5.16. The molecule has 0 aliphatic carbocycles. The molecule has 1 aromatic heterocycles. The Bertz CT molecular complexity index is 204. The number of nitrogens with one attached hydrogen (secondary N) is 1. The minimum Gasteiger partial charge on any atom is -0.321 e. The first-order valence-corrected chi connectivity index (χ1v) is 3.71. The van der Waals surface area contributed by atoms with Crippen LogP contribution in [0.15, 0.2) is 6.20 Å². The molecule has 1 aromatic rings. The summed E-state index contributed by atoms with van der Waals surface area (Å²) >= 11 is 0. The third kappa shape index (κ3) is 2.59. The standard InChI is InChI=1S/C5H10N4.C2H6/c1-4-5(7-6)3-9(2)8-4;1-2/h3,7H,6H2,1-2H3;1-2H3. The second-order valence-electron chi connectivity index (χ2n) is 1.95. The molecule has 4 heteroatoms. The van der Waals surface area contributed by atoms with Gasteiger partial charge in [0.1, 0.15) is 0 Å². The lowest BCUT2D eigenvalue weighted by Crippen LogP contribution is -2.06. The lowest BCUT2D eigenvalue weighted by molar-refractivity contribution is 0.756. The van der Waals surface area contributed by atoms with Crippen LogP contribution in [0.4, 0.5) is 5.69 Å². The van der Waals surface area contributed by atoms with Crippen LogP contribution in [0, 0.1) is 6.92 Å². The van der Waals surface area contributed by atoms with E-state index in [2.05, 4.69) is 10.5 Å². The molecule has 0 aliphatic heterocycles. The van der Waals surface area contributed by atoms with Gasteiger partial charge >= 0.3 is 0 Å². The van der Waals surface area contributed by atoms with Crippen molar-refractivity contribution in [3.05, 3.63) is 11.9 Å². The number of anilines is 1. The Hall–Kier alpha value is -1.03. The molecule has 0 fully saturated rings. The van der Waals surface area contributed by atoms with Crippen molar-refractivity contribution in [1.82, 2.24) is 9.78 Å². The average molecular weight is 156 g/mol. The molecular formula is C7H16N4. The zero-order valence-electron chi connectivity index (χ0n) is 7.55. The van der Waals surface area contributed by atoms with E-state index in [1.807, 2.05) is 34.0 Å². The molecule has 0 saturated carbocycles. The lowest BCUT2D eigenvalue weighted by atomic mass is 10.4. The first-order valence-electron chi connectivity index (χ1n) is 3.71. The Morgan fingerprint density at radius 1 is 1.55 bits per heavy atom. The van der Waals surface area contributed by atoms with Gasteiger partial charge in [0.15, 0.2) is 0 Å². The average Bonchev–Trinajstić information content (AvgIpc) is 2.33. The van der Waals surface area contributed by atoms with Gasteiger partial charge in [0.25, 0.3) is 0 Å². The van der Waals surface area contributed by atoms with Gasteiger partial charge in [-0.15, -0.1) is 0 Å². The monoisotopic (exact) mass is 156 g/mol. The van der Waals surface area contributed by atoms with Crippen molar-refractivity contribution in [3.8, 4) is 0 Å². The molecular weight excluding hydrogens is 140 g/mol. The Kier molecular flexibility index (Phi) is 4.29. The molecule has 0 spiro atoms. The van der Waals surface area contributed by atoms with E-state index >= 15 is 0 Å². The predicted octanol–water partition coefficient (Wildman–Crippen LogP) is 1.04. The minimum absolute atomic E-state index is 0.873. The summed E-state index contributed by atoms with van der Waals surface area (Å²) in [7, 11) is 1.86. The fourth-order valence-electron chi connectivity index (χ4n) is 0.741. The van der Waals surface area contributed by atoms with Crippen LogP contribution in [0.3, 0.4) is 0 Å². The second kappa shape index (κ2) is 4.73. The first-order chi connectivity index (χ1) is 5.24. The van der Waals surface area contributed by atoms with Crippen molar-refractivity contribution in [2.75, 3.05) is 5.43 Å². The maximum Gasteiger partial charge on any atom is 0.0898 e. The molecule has 3 N–H and O–H groups in total. The van der Waals surface area contributed by atoms with Gasteiger partial charge in [-0.3, -0.25) is 10.5 Å². The highest BCUT2D eigenvalue weighted by Crippen LogP contribution is 2.07. The third-order valence-corrected chi connectivity index (χ3v) is 1.17. The number of nitrogen functional groups attached to an aromatic ring is 1. The van der Waals surface area contributed by atoms with E-state index in [4.69, 9.17) is 5.84 Å². The van der Waals surface area contributed by atoms with Crippen LogP contribution in [0.1, 0.15) is 19.5 Å². The van der Waals surface area contributed by atoms with Crippen LogP contribution < -0.4 is 11.3 Å². The van der Waals surface area contributed by atoms with Gasteiger partial charge in [0, 0.05) is 13.2 Å². The molecule has 0 atom stereocenters. The fourth-order valence-corrected chi connectivity index (χ4v) is 0.741. The lowest BCUT2D eigenvalue weighted by Gasteiger charge is -1.90. The summed E-state index contributed by atoms with van der Waals surface area (Å²) in [5.41, 5.74) is 4.32. The van der Waals surface area contributed by atoms with Crippen molar-refractivity contribution in [2.45, 2.75) is 20.8 Å². The summed E-state index contributed by atoms with van der Waals surface area (Å²) in [6.45, 7) is 5.90. The summed E-state index contributed by atoms with van der Waals surface area (Å²) in [6, 6.07) is 0. The van der Waals surface area contributed by atoms with Crippen molar-refractivity contribution in [3.63, 3.8) is 0 Å². The molecule has 0 amide bonds. The molecule has 1 heterocycles. The molecule has 0 saturated heterocycles. The number of aromatic nitrogens is 2. The Morgan fingerprint density at radius 2 is 2.09 bits per heavy atom. The summed E-state index contributed by atoms with van der Waals surface area (Å²) in [5, 5.41) is 4.06. The molecule has 4 nitrogen and oxygen atoms in total. The van der Waals surface area contributed by atoms with Crippen LogP contribution in [-0.2, 0) is 7.05 Å². The van der Waals surface area contributed by atoms with Gasteiger partial charge < -0.3 is 5.43 Å². The smallest absolute Gasteiger partial charge is 0.0898 e. The molecule has 0 radical (unpaired) electrons. The van der Waals surface area contributed by atoms with E-state index < -0.39 is 0 Å². The molecule has 64 valence electrons. The van der Waals surface area contributed by atoms with E-state index in [0.717, 1.165) is 11.4 Å². The summed E-state index contributed by atoms with van der Waals surface area (Å²) in [6.07, 6.45) is 1.83. The van der Waals surface area contributed by atoms with Gasteiger partial charge in [0.2, 0.25) is 0 Å². The van der Waals surface area contributed by atoms with Crippen LogP contribution in [0.2, 0.25) is 0 Å². The highest BCUT2D eigenvalue weighted by molar-refractivity contribution is 5.43. The number of hydrogen-bond donors (Lipinski definition) is 2. The van der Waals surface area contributed by atoms with Crippen molar-refractivity contribution in [1.29, 1.82) is 0 Å². The normalized spacial score (nSPS) is 8.45. The SMILES string of the molecule is CC.Cc1nn(C)cc1NN. The summed E-state index contributed by atoms with van der Waals surface area (Å²) in [4.78, 5) is 0. The first kappa shape index (κ1) is 9.97. The number of rotatable bonds is 1. The van der Waals surface area contributed by atoms with E-state index in [0.29, 0.717) is 0 Å². The Balaban J connectivity index is 0.000000461. The number of hydrazine groups is 1. The second-order valence-corrected chi connectivity index (χ2v) is 1.95. The van der Waals surface area contributed by atoms with E-state index in [-0.39, 0.29) is 0 Å². The van der Waals surface area contributed by atoms with Gasteiger partial charge in [-0.2, -0.15) is 5.10 Å². The molecule has 11 heavy (non-hydrogen) atoms. The largest absolute Gasteiger partial charge is 0.321 e. The number of hydrogen-bond acceptors (Lipinski definition) is 3. The van der Waals surface area contributed by atoms with Crippen molar-refractivity contribution >= 4 is 5.69 Å². The fraction of sp³-hybridized carbons (Fsp3) is 0.571. The Morgan fingerprint density at radius 3 is 2.27 bits per heavy atom. The van der Waals surface area contributed by atoms with E-state index in [1.165, 1.54) is 0 Å². The van der Waals surface area contributed by atoms with Crippen molar-refractivity contribution < 1.29 is 0 Å². The van der Waals surface area contributed by atoms with Crippen LogP contribution in [0.5, 0.6) is 0 Å². The predicted molar refractivity (Wildman–Crippen MR) is 47.1 cm³/mol. The zero-order chi connectivity index (χ0) is 8.85. The highest BCUT2D eigenvalue weighted by atomic mass is 15.3. The quantitative estimate of drug-likeness (QED) is 0.472. The molecule has 0 aliphatic rings. The van der Waals surface area contributed by atoms with Gasteiger partial charge in [0.05, 0.1) is 11.4 Å². The molecule has 0 unspecified atom stereocenters. The maximum absolute atomic E-state index is 5.16. The van der Waals surface area contributed by atoms with Crippen LogP contribution in [0.25, 0.3) is 0 Å². The molecule has 0 aromatic carbocycles. The maximum atomic E-state index is 5.16. The number of aryl methyl sites for hydroxylation is 2. The third-order valence-electron chi connectivity index (χ3n) is 1.17. The van der Waals surface area contributed by atoms with Gasteiger partial charge in [-0.1, -0.05) is 13.8 Å². The minimum atomic E-state index is 0.873.